The maximum Gasteiger partial charge on any atom is 0.410 e. The lowest BCUT2D eigenvalue weighted by molar-refractivity contribution is 0.0141. The van der Waals surface area contributed by atoms with Crippen molar-refractivity contribution in [2.45, 2.75) is 33.0 Å². The van der Waals surface area contributed by atoms with E-state index in [-0.39, 0.29) is 12.0 Å². The molecule has 1 saturated heterocycles. The highest BCUT2D eigenvalue weighted by Crippen LogP contribution is 2.17. The predicted molar refractivity (Wildman–Crippen MR) is 111 cm³/mol. The van der Waals surface area contributed by atoms with Gasteiger partial charge in [-0.25, -0.2) is 4.79 Å². The van der Waals surface area contributed by atoms with Crippen LogP contribution in [0.4, 0.5) is 4.79 Å². The van der Waals surface area contributed by atoms with Gasteiger partial charge in [0.1, 0.15) is 18.0 Å². The van der Waals surface area contributed by atoms with Crippen molar-refractivity contribution in [3.05, 3.63) is 65.7 Å². The molecular formula is C23H28N2O4. The molecule has 0 aromatic heterocycles. The Morgan fingerprint density at radius 2 is 1.45 bits per heavy atom. The summed E-state index contributed by atoms with van der Waals surface area (Å²) in [6.45, 7) is 7.95. The van der Waals surface area contributed by atoms with Crippen molar-refractivity contribution in [2.24, 2.45) is 0 Å². The van der Waals surface area contributed by atoms with Gasteiger partial charge in [-0.15, -0.1) is 0 Å². The van der Waals surface area contributed by atoms with Gasteiger partial charge in [-0.05, 0) is 50.6 Å². The summed E-state index contributed by atoms with van der Waals surface area (Å²) < 4.78 is 11.2. The van der Waals surface area contributed by atoms with E-state index in [1.165, 1.54) is 0 Å². The second-order valence-electron chi connectivity index (χ2n) is 8.06. The van der Waals surface area contributed by atoms with E-state index in [1.807, 2.05) is 63.2 Å². The standard InChI is InChI=1S/C23H28N2O4/c1-23(2,3)29-22(27)25-15-13-24(14-16-25)21(26)19-9-11-20(12-10-19)28-17-18-7-5-4-6-8-18/h4-12H,13-17H2,1-3H3. The topological polar surface area (TPSA) is 59.1 Å². The molecule has 0 N–H and O–H groups in total. The summed E-state index contributed by atoms with van der Waals surface area (Å²) in [4.78, 5) is 28.3. The van der Waals surface area contributed by atoms with Crippen LogP contribution < -0.4 is 4.74 Å². The Bertz CT molecular complexity index is 820. The minimum absolute atomic E-state index is 0.0385. The Kier molecular flexibility index (Phi) is 6.42. The minimum Gasteiger partial charge on any atom is -0.489 e. The molecule has 6 nitrogen and oxygen atoms in total. The number of piperazine rings is 1. The molecule has 0 bridgehead atoms. The van der Waals surface area contributed by atoms with Crippen LogP contribution >= 0.6 is 0 Å². The quantitative estimate of drug-likeness (QED) is 0.785. The van der Waals surface area contributed by atoms with Crippen LogP contribution in [0.5, 0.6) is 5.75 Å². The van der Waals surface area contributed by atoms with Gasteiger partial charge in [0.15, 0.2) is 0 Å². The average Bonchev–Trinajstić information content (AvgIpc) is 2.72. The van der Waals surface area contributed by atoms with E-state index in [4.69, 9.17) is 9.47 Å². The Hall–Kier alpha value is -3.02. The SMILES string of the molecule is CC(C)(C)OC(=O)N1CCN(C(=O)c2ccc(OCc3ccccc3)cc2)CC1. The molecule has 154 valence electrons. The smallest absolute Gasteiger partial charge is 0.410 e. The fourth-order valence-corrected chi connectivity index (χ4v) is 3.04. The lowest BCUT2D eigenvalue weighted by Crippen LogP contribution is -2.51. The molecule has 1 aliphatic heterocycles. The van der Waals surface area contributed by atoms with Crippen molar-refractivity contribution in [2.75, 3.05) is 26.2 Å². The van der Waals surface area contributed by atoms with Crippen molar-refractivity contribution in [1.82, 2.24) is 9.80 Å². The average molecular weight is 396 g/mol. The van der Waals surface area contributed by atoms with E-state index in [1.54, 1.807) is 21.9 Å². The molecule has 1 aliphatic rings. The number of rotatable bonds is 4. The molecule has 0 spiro atoms. The summed E-state index contributed by atoms with van der Waals surface area (Å²) in [6.07, 6.45) is -0.329. The molecule has 2 aromatic carbocycles. The lowest BCUT2D eigenvalue weighted by Gasteiger charge is -2.35. The number of benzene rings is 2. The van der Waals surface area contributed by atoms with Gasteiger partial charge < -0.3 is 19.3 Å². The Balaban J connectivity index is 1.50. The van der Waals surface area contributed by atoms with Crippen LogP contribution in [0, 0.1) is 0 Å². The maximum atomic E-state index is 12.7. The molecular weight excluding hydrogens is 368 g/mol. The fourth-order valence-electron chi connectivity index (χ4n) is 3.04. The van der Waals surface area contributed by atoms with Crippen LogP contribution in [0.1, 0.15) is 36.7 Å². The first kappa shape index (κ1) is 20.7. The number of nitrogens with zero attached hydrogens (tertiary/aromatic N) is 2. The van der Waals surface area contributed by atoms with Gasteiger partial charge in [0, 0.05) is 31.7 Å². The molecule has 2 amide bonds. The molecule has 1 fully saturated rings. The molecule has 3 rings (SSSR count). The van der Waals surface area contributed by atoms with E-state index in [0.29, 0.717) is 38.3 Å². The van der Waals surface area contributed by atoms with E-state index in [2.05, 4.69) is 0 Å². The minimum atomic E-state index is -0.519. The normalized spacial score (nSPS) is 14.4. The van der Waals surface area contributed by atoms with E-state index < -0.39 is 5.60 Å². The van der Waals surface area contributed by atoms with Crippen molar-refractivity contribution in [3.63, 3.8) is 0 Å². The zero-order valence-electron chi connectivity index (χ0n) is 17.3. The molecule has 0 aliphatic carbocycles. The third-order valence-corrected chi connectivity index (χ3v) is 4.57. The zero-order valence-corrected chi connectivity index (χ0v) is 17.3. The van der Waals surface area contributed by atoms with Crippen LogP contribution in [-0.4, -0.2) is 53.6 Å². The number of hydrogen-bond donors (Lipinski definition) is 0. The Morgan fingerprint density at radius 3 is 2.03 bits per heavy atom. The highest BCUT2D eigenvalue weighted by atomic mass is 16.6. The van der Waals surface area contributed by atoms with Gasteiger partial charge in [0.05, 0.1) is 0 Å². The van der Waals surface area contributed by atoms with Gasteiger partial charge >= 0.3 is 6.09 Å². The monoisotopic (exact) mass is 396 g/mol. The zero-order chi connectivity index (χ0) is 20.9. The van der Waals surface area contributed by atoms with E-state index in [0.717, 1.165) is 11.3 Å². The fraction of sp³-hybridized carbons (Fsp3) is 0.391. The summed E-state index contributed by atoms with van der Waals surface area (Å²) in [7, 11) is 0. The summed E-state index contributed by atoms with van der Waals surface area (Å²) in [5.74, 6) is 0.684. The molecule has 6 heteroatoms. The van der Waals surface area contributed by atoms with Gasteiger partial charge in [-0.1, -0.05) is 30.3 Å². The molecule has 2 aromatic rings. The molecule has 1 heterocycles. The van der Waals surface area contributed by atoms with Crippen molar-refractivity contribution >= 4 is 12.0 Å². The van der Waals surface area contributed by atoms with Gasteiger partial charge in [0.2, 0.25) is 0 Å². The highest BCUT2D eigenvalue weighted by molar-refractivity contribution is 5.94. The van der Waals surface area contributed by atoms with Crippen molar-refractivity contribution in [1.29, 1.82) is 0 Å². The first-order valence-corrected chi connectivity index (χ1v) is 9.86. The van der Waals surface area contributed by atoms with E-state index in [9.17, 15) is 9.59 Å². The van der Waals surface area contributed by atoms with Gasteiger partial charge in [-0.3, -0.25) is 4.79 Å². The summed E-state index contributed by atoms with van der Waals surface area (Å²) in [5.41, 5.74) is 1.19. The second-order valence-corrected chi connectivity index (χ2v) is 8.06. The molecule has 0 atom stereocenters. The van der Waals surface area contributed by atoms with Crippen LogP contribution in [0.25, 0.3) is 0 Å². The van der Waals surface area contributed by atoms with Gasteiger partial charge in [0.25, 0.3) is 5.91 Å². The number of hydrogen-bond acceptors (Lipinski definition) is 4. The maximum absolute atomic E-state index is 12.7. The van der Waals surface area contributed by atoms with Crippen LogP contribution in [0.15, 0.2) is 54.6 Å². The van der Waals surface area contributed by atoms with Crippen molar-refractivity contribution in [3.8, 4) is 5.75 Å². The molecule has 0 radical (unpaired) electrons. The van der Waals surface area contributed by atoms with Crippen LogP contribution in [0.3, 0.4) is 0 Å². The van der Waals surface area contributed by atoms with Crippen LogP contribution in [0.2, 0.25) is 0 Å². The molecule has 0 saturated carbocycles. The van der Waals surface area contributed by atoms with Crippen LogP contribution in [-0.2, 0) is 11.3 Å². The van der Waals surface area contributed by atoms with E-state index >= 15 is 0 Å². The number of carbonyl (C=O) groups is 2. The number of amides is 2. The van der Waals surface area contributed by atoms with Gasteiger partial charge in [-0.2, -0.15) is 0 Å². The Morgan fingerprint density at radius 1 is 0.862 bits per heavy atom. The summed E-state index contributed by atoms with van der Waals surface area (Å²) >= 11 is 0. The second kappa shape index (κ2) is 8.99. The summed E-state index contributed by atoms with van der Waals surface area (Å²) in [5, 5.41) is 0. The predicted octanol–water partition coefficient (Wildman–Crippen LogP) is 3.96. The number of ether oxygens (including phenoxy) is 2. The third kappa shape index (κ3) is 5.98. The first-order chi connectivity index (χ1) is 13.8. The first-order valence-electron chi connectivity index (χ1n) is 9.86. The molecule has 29 heavy (non-hydrogen) atoms. The number of carbonyl (C=O) groups excluding carboxylic acids is 2. The largest absolute Gasteiger partial charge is 0.489 e. The lowest BCUT2D eigenvalue weighted by atomic mass is 10.1. The van der Waals surface area contributed by atoms with Crippen molar-refractivity contribution < 1.29 is 19.1 Å². The summed E-state index contributed by atoms with van der Waals surface area (Å²) in [6, 6.07) is 17.1. The Labute approximate surface area is 172 Å². The molecule has 0 unspecified atom stereocenters. The third-order valence-electron chi connectivity index (χ3n) is 4.57. The highest BCUT2D eigenvalue weighted by Gasteiger charge is 2.28.